The maximum absolute atomic E-state index is 11.9. The second-order valence-electron chi connectivity index (χ2n) is 7.13. The first-order valence-electron chi connectivity index (χ1n) is 7.96. The zero-order valence-corrected chi connectivity index (χ0v) is 14.5. The number of hydrogen-bond acceptors (Lipinski definition) is 6. The van der Waals surface area contributed by atoms with Gasteiger partial charge in [0.25, 0.3) is 0 Å². The van der Waals surface area contributed by atoms with Gasteiger partial charge in [0.05, 0.1) is 30.6 Å². The topological polar surface area (TPSA) is 92.5 Å². The number of nitrogens with zero attached hydrogens (tertiary/aromatic N) is 4. The van der Waals surface area contributed by atoms with E-state index >= 15 is 0 Å². The maximum Gasteiger partial charge on any atom is 0.410 e. The minimum Gasteiger partial charge on any atom is -0.444 e. The number of amides is 1. The highest BCUT2D eigenvalue weighted by molar-refractivity contribution is 5.69. The lowest BCUT2D eigenvalue weighted by Gasteiger charge is -2.39. The number of hydrogen-bond donors (Lipinski definition) is 2. The van der Waals surface area contributed by atoms with Crippen molar-refractivity contribution in [3.8, 4) is 0 Å². The van der Waals surface area contributed by atoms with Gasteiger partial charge in [-0.2, -0.15) is 0 Å². The van der Waals surface area contributed by atoms with E-state index in [1.54, 1.807) is 9.58 Å². The molecule has 1 aromatic rings. The molecule has 0 radical (unpaired) electrons. The third-order valence-corrected chi connectivity index (χ3v) is 3.67. The van der Waals surface area contributed by atoms with Crippen LogP contribution in [-0.4, -0.2) is 62.4 Å². The van der Waals surface area contributed by atoms with Crippen LogP contribution < -0.4 is 5.32 Å². The second kappa shape index (κ2) is 6.84. The molecule has 0 aromatic carbocycles. The molecule has 2 rings (SSSR count). The molecule has 1 amide bonds. The van der Waals surface area contributed by atoms with E-state index in [0.717, 1.165) is 5.69 Å². The van der Waals surface area contributed by atoms with Crippen LogP contribution >= 0.6 is 0 Å². The van der Waals surface area contributed by atoms with Crippen LogP contribution in [-0.2, 0) is 4.74 Å². The molecular weight excluding hydrogens is 298 g/mol. The van der Waals surface area contributed by atoms with Crippen molar-refractivity contribution in [1.29, 1.82) is 0 Å². The Morgan fingerprint density at radius 1 is 1.48 bits per heavy atom. The van der Waals surface area contributed by atoms with Gasteiger partial charge in [-0.25, -0.2) is 9.48 Å². The lowest BCUT2D eigenvalue weighted by atomic mass is 10.1. The number of carbonyl (C=O) groups excluding carboxylic acids is 1. The van der Waals surface area contributed by atoms with Crippen molar-refractivity contribution in [3.05, 3.63) is 11.9 Å². The fourth-order valence-electron chi connectivity index (χ4n) is 2.33. The van der Waals surface area contributed by atoms with Crippen LogP contribution in [0.5, 0.6) is 0 Å². The molecule has 1 saturated heterocycles. The van der Waals surface area contributed by atoms with Gasteiger partial charge in [-0.1, -0.05) is 5.21 Å². The van der Waals surface area contributed by atoms with E-state index in [4.69, 9.17) is 9.84 Å². The molecule has 2 atom stereocenters. The first-order chi connectivity index (χ1) is 10.7. The SMILES string of the molecule is CC(N[C@@H](C)CO)c1cn(C2CN(C(=O)OC(C)(C)C)C2)nn1. The van der Waals surface area contributed by atoms with E-state index in [1.165, 1.54) is 0 Å². The number of likely N-dealkylation sites (tertiary alicyclic amines) is 1. The molecule has 2 N–H and O–H groups in total. The van der Waals surface area contributed by atoms with Crippen molar-refractivity contribution in [2.75, 3.05) is 19.7 Å². The quantitative estimate of drug-likeness (QED) is 0.842. The highest BCUT2D eigenvalue weighted by atomic mass is 16.6. The van der Waals surface area contributed by atoms with Gasteiger partial charge in [0.15, 0.2) is 0 Å². The van der Waals surface area contributed by atoms with Gasteiger partial charge in [0.1, 0.15) is 5.60 Å². The summed E-state index contributed by atoms with van der Waals surface area (Å²) in [6, 6.07) is 0.140. The van der Waals surface area contributed by atoms with Crippen molar-refractivity contribution in [1.82, 2.24) is 25.2 Å². The van der Waals surface area contributed by atoms with E-state index in [9.17, 15) is 4.79 Å². The Hall–Kier alpha value is -1.67. The highest BCUT2D eigenvalue weighted by Gasteiger charge is 2.35. The van der Waals surface area contributed by atoms with Crippen LogP contribution in [0.4, 0.5) is 4.79 Å². The highest BCUT2D eigenvalue weighted by Crippen LogP contribution is 2.23. The van der Waals surface area contributed by atoms with Crippen LogP contribution in [0.1, 0.15) is 52.4 Å². The van der Waals surface area contributed by atoms with Crippen LogP contribution in [0.2, 0.25) is 0 Å². The third-order valence-electron chi connectivity index (χ3n) is 3.67. The zero-order valence-electron chi connectivity index (χ0n) is 14.5. The molecule has 0 aliphatic carbocycles. The van der Waals surface area contributed by atoms with E-state index in [1.807, 2.05) is 40.8 Å². The molecule has 130 valence electrons. The Morgan fingerprint density at radius 3 is 2.70 bits per heavy atom. The molecule has 1 aromatic heterocycles. The number of aliphatic hydroxyl groups is 1. The normalized spacial score (nSPS) is 18.4. The molecular formula is C15H27N5O3. The average molecular weight is 325 g/mol. The molecule has 1 aliphatic rings. The van der Waals surface area contributed by atoms with Crippen LogP contribution in [0.3, 0.4) is 0 Å². The van der Waals surface area contributed by atoms with E-state index < -0.39 is 5.60 Å². The minimum atomic E-state index is -0.479. The largest absolute Gasteiger partial charge is 0.444 e. The standard InChI is InChI=1S/C15H27N5O3/c1-10(9-21)16-11(2)13-8-20(18-17-13)12-6-19(7-12)14(22)23-15(3,4)5/h8,10-12,16,21H,6-7,9H2,1-5H3/t10-,11?/m0/s1. The summed E-state index contributed by atoms with van der Waals surface area (Å²) < 4.78 is 7.12. The minimum absolute atomic E-state index is 0.00140. The number of ether oxygens (including phenoxy) is 1. The Bertz CT molecular complexity index is 533. The number of aromatic nitrogens is 3. The van der Waals surface area contributed by atoms with Crippen LogP contribution in [0, 0.1) is 0 Å². The molecule has 2 heterocycles. The molecule has 1 unspecified atom stereocenters. The fourth-order valence-corrected chi connectivity index (χ4v) is 2.33. The molecule has 23 heavy (non-hydrogen) atoms. The smallest absolute Gasteiger partial charge is 0.410 e. The molecule has 0 spiro atoms. The lowest BCUT2D eigenvalue weighted by Crippen LogP contribution is -2.52. The summed E-state index contributed by atoms with van der Waals surface area (Å²) in [5, 5.41) is 20.6. The van der Waals surface area contributed by atoms with Gasteiger partial charge in [-0.3, -0.25) is 0 Å². The average Bonchev–Trinajstić information content (AvgIpc) is 2.84. The van der Waals surface area contributed by atoms with Crippen LogP contribution in [0.15, 0.2) is 6.20 Å². The molecule has 8 heteroatoms. The van der Waals surface area contributed by atoms with Crippen molar-refractivity contribution >= 4 is 6.09 Å². The lowest BCUT2D eigenvalue weighted by molar-refractivity contribution is -0.000619. The monoisotopic (exact) mass is 325 g/mol. The number of nitrogens with one attached hydrogen (secondary N) is 1. The Labute approximate surface area is 136 Å². The Balaban J connectivity index is 1.85. The van der Waals surface area contributed by atoms with E-state index in [2.05, 4.69) is 15.6 Å². The summed E-state index contributed by atoms with van der Waals surface area (Å²) in [6.07, 6.45) is 1.60. The first kappa shape index (κ1) is 17.7. The molecule has 0 saturated carbocycles. The molecule has 0 bridgehead atoms. The number of rotatable bonds is 5. The van der Waals surface area contributed by atoms with Gasteiger partial charge in [0, 0.05) is 19.1 Å². The summed E-state index contributed by atoms with van der Waals surface area (Å²) in [5.41, 5.74) is 0.341. The molecule has 1 aliphatic heterocycles. The maximum atomic E-state index is 11.9. The zero-order chi connectivity index (χ0) is 17.2. The Morgan fingerprint density at radius 2 is 2.13 bits per heavy atom. The summed E-state index contributed by atoms with van der Waals surface area (Å²) in [7, 11) is 0. The number of carbonyl (C=O) groups is 1. The van der Waals surface area contributed by atoms with Crippen LogP contribution in [0.25, 0.3) is 0 Å². The third kappa shape index (κ3) is 4.65. The van der Waals surface area contributed by atoms with Crippen molar-refractivity contribution in [2.24, 2.45) is 0 Å². The van der Waals surface area contributed by atoms with Gasteiger partial charge in [-0.15, -0.1) is 5.10 Å². The van der Waals surface area contributed by atoms with Gasteiger partial charge in [0.2, 0.25) is 0 Å². The molecule has 1 fully saturated rings. The van der Waals surface area contributed by atoms with Crippen molar-refractivity contribution < 1.29 is 14.6 Å². The number of aliphatic hydroxyl groups excluding tert-OH is 1. The van der Waals surface area contributed by atoms with Gasteiger partial charge < -0.3 is 20.1 Å². The fraction of sp³-hybridized carbons (Fsp3) is 0.800. The summed E-state index contributed by atoms with van der Waals surface area (Å²) in [6.45, 7) is 10.7. The Kier molecular flexibility index (Phi) is 5.26. The van der Waals surface area contributed by atoms with E-state index in [0.29, 0.717) is 13.1 Å². The predicted molar refractivity (Wildman–Crippen MR) is 85.0 cm³/mol. The summed E-state index contributed by atoms with van der Waals surface area (Å²) in [4.78, 5) is 13.6. The van der Waals surface area contributed by atoms with Crippen molar-refractivity contribution in [2.45, 2.75) is 58.3 Å². The predicted octanol–water partition coefficient (Wildman–Crippen LogP) is 1.10. The molecule has 8 nitrogen and oxygen atoms in total. The summed E-state index contributed by atoms with van der Waals surface area (Å²) in [5.74, 6) is 0. The van der Waals surface area contributed by atoms with E-state index in [-0.39, 0.29) is 30.8 Å². The van der Waals surface area contributed by atoms with Gasteiger partial charge in [-0.05, 0) is 34.6 Å². The van der Waals surface area contributed by atoms with Crippen molar-refractivity contribution in [3.63, 3.8) is 0 Å². The van der Waals surface area contributed by atoms with Gasteiger partial charge >= 0.3 is 6.09 Å². The first-order valence-corrected chi connectivity index (χ1v) is 7.96. The second-order valence-corrected chi connectivity index (χ2v) is 7.13. The summed E-state index contributed by atoms with van der Waals surface area (Å²) >= 11 is 0.